The summed E-state index contributed by atoms with van der Waals surface area (Å²) in [5, 5.41) is 3.44. The third kappa shape index (κ3) is 3.82. The van der Waals surface area contributed by atoms with Gasteiger partial charge in [0.15, 0.2) is 0 Å². The largest absolute Gasteiger partial charge is 0.465 e. The summed E-state index contributed by atoms with van der Waals surface area (Å²) in [7, 11) is 0. The van der Waals surface area contributed by atoms with E-state index in [0.29, 0.717) is 12.5 Å². The maximum atomic E-state index is 12.5. The Morgan fingerprint density at radius 2 is 1.84 bits per heavy atom. The predicted octanol–water partition coefficient (Wildman–Crippen LogP) is 2.19. The van der Waals surface area contributed by atoms with Gasteiger partial charge < -0.3 is 14.6 Å². The number of benzene rings is 1. The molecule has 2 heterocycles. The first-order valence-electron chi connectivity index (χ1n) is 8.72. The molecule has 0 saturated carbocycles. The zero-order valence-corrected chi connectivity index (χ0v) is 14.7. The molecule has 1 aromatic carbocycles. The molecule has 1 N–H and O–H groups in total. The van der Waals surface area contributed by atoms with E-state index in [1.54, 1.807) is 13.0 Å². The number of esters is 1. The molecular weight excluding hydrogens is 316 g/mol. The Kier molecular flexibility index (Phi) is 5.34. The first-order valence-corrected chi connectivity index (χ1v) is 8.72. The van der Waals surface area contributed by atoms with Gasteiger partial charge in [0.05, 0.1) is 6.61 Å². The Balaban J connectivity index is 1.88. The van der Waals surface area contributed by atoms with Crippen molar-refractivity contribution in [2.24, 2.45) is 0 Å². The van der Waals surface area contributed by atoms with Crippen LogP contribution in [-0.2, 0) is 16.1 Å². The molecule has 0 spiro atoms. The van der Waals surface area contributed by atoms with Crippen LogP contribution in [0.3, 0.4) is 0 Å². The summed E-state index contributed by atoms with van der Waals surface area (Å²) in [6.07, 6.45) is 0. The van der Waals surface area contributed by atoms with E-state index in [-0.39, 0.29) is 24.0 Å². The summed E-state index contributed by atoms with van der Waals surface area (Å²) in [5.74, 6) is 0.220. The van der Waals surface area contributed by atoms with Gasteiger partial charge in [-0.05, 0) is 31.0 Å². The molecule has 1 fully saturated rings. The molecule has 1 aliphatic heterocycles. The highest BCUT2D eigenvalue weighted by Gasteiger charge is 2.30. The molecule has 132 valence electrons. The first kappa shape index (κ1) is 17.4. The number of pyridine rings is 1. The fraction of sp³-hybridized carbons (Fsp3) is 0.400. The number of nitrogens with zero attached hydrogens (tertiary/aromatic N) is 1. The van der Waals surface area contributed by atoms with Crippen LogP contribution < -0.4 is 10.9 Å². The molecule has 1 aliphatic rings. The quantitative estimate of drug-likeness (QED) is 0.848. The van der Waals surface area contributed by atoms with Crippen LogP contribution in [0.15, 0.2) is 47.3 Å². The van der Waals surface area contributed by atoms with Crippen molar-refractivity contribution in [3.63, 3.8) is 0 Å². The molecule has 25 heavy (non-hydrogen) atoms. The highest BCUT2D eigenvalue weighted by molar-refractivity contribution is 5.69. The molecule has 5 nitrogen and oxygen atoms in total. The zero-order valence-electron chi connectivity index (χ0n) is 14.7. The normalized spacial score (nSPS) is 19.8. The van der Waals surface area contributed by atoms with Crippen molar-refractivity contribution in [2.45, 2.75) is 32.2 Å². The lowest BCUT2D eigenvalue weighted by Gasteiger charge is -2.21. The van der Waals surface area contributed by atoms with Gasteiger partial charge in [-0.3, -0.25) is 9.59 Å². The molecule has 0 aliphatic carbocycles. The molecule has 1 saturated heterocycles. The summed E-state index contributed by atoms with van der Waals surface area (Å²) in [6.45, 7) is 5.65. The van der Waals surface area contributed by atoms with E-state index in [4.69, 9.17) is 4.74 Å². The maximum Gasteiger partial charge on any atom is 0.326 e. The van der Waals surface area contributed by atoms with Crippen LogP contribution in [0.2, 0.25) is 0 Å². The van der Waals surface area contributed by atoms with Crippen LogP contribution >= 0.6 is 0 Å². The fourth-order valence-electron chi connectivity index (χ4n) is 3.59. The number of nitrogens with one attached hydrogen (secondary N) is 1. The third-order valence-electron chi connectivity index (χ3n) is 4.82. The van der Waals surface area contributed by atoms with Crippen molar-refractivity contribution < 1.29 is 9.53 Å². The van der Waals surface area contributed by atoms with Crippen molar-refractivity contribution in [3.05, 3.63) is 69.6 Å². The van der Waals surface area contributed by atoms with Gasteiger partial charge in [0.25, 0.3) is 5.56 Å². The van der Waals surface area contributed by atoms with E-state index >= 15 is 0 Å². The second kappa shape index (κ2) is 7.66. The lowest BCUT2D eigenvalue weighted by molar-refractivity contribution is -0.143. The summed E-state index contributed by atoms with van der Waals surface area (Å²) in [6, 6.07) is 14.1. The van der Waals surface area contributed by atoms with E-state index in [2.05, 4.69) is 17.4 Å². The number of carbonyl (C=O) groups is 1. The molecule has 3 rings (SSSR count). The van der Waals surface area contributed by atoms with Gasteiger partial charge in [-0.25, -0.2) is 0 Å². The molecular formula is C20H24N2O3. The van der Waals surface area contributed by atoms with E-state index in [0.717, 1.165) is 24.3 Å². The van der Waals surface area contributed by atoms with Gasteiger partial charge in [-0.15, -0.1) is 0 Å². The van der Waals surface area contributed by atoms with Crippen LogP contribution in [0.1, 0.15) is 35.6 Å². The van der Waals surface area contributed by atoms with Crippen LogP contribution in [0, 0.1) is 6.92 Å². The number of rotatable bonds is 5. The molecule has 0 amide bonds. The van der Waals surface area contributed by atoms with Gasteiger partial charge in [0.1, 0.15) is 6.54 Å². The number of aryl methyl sites for hydroxylation is 1. The van der Waals surface area contributed by atoms with E-state index in [9.17, 15) is 9.59 Å². The van der Waals surface area contributed by atoms with Crippen molar-refractivity contribution >= 4 is 5.97 Å². The molecule has 5 heteroatoms. The number of hydrogen-bond acceptors (Lipinski definition) is 4. The van der Waals surface area contributed by atoms with Crippen LogP contribution in [0.25, 0.3) is 0 Å². The number of ether oxygens (including phenoxy) is 1. The van der Waals surface area contributed by atoms with Crippen molar-refractivity contribution in [2.75, 3.05) is 19.7 Å². The summed E-state index contributed by atoms with van der Waals surface area (Å²) in [4.78, 5) is 24.2. The number of aromatic nitrogens is 1. The lowest BCUT2D eigenvalue weighted by Crippen LogP contribution is -2.28. The van der Waals surface area contributed by atoms with Crippen LogP contribution in [0.4, 0.5) is 0 Å². The Labute approximate surface area is 147 Å². The zero-order chi connectivity index (χ0) is 17.8. The average Bonchev–Trinajstić information content (AvgIpc) is 3.09. The van der Waals surface area contributed by atoms with Gasteiger partial charge in [0, 0.05) is 36.7 Å². The summed E-state index contributed by atoms with van der Waals surface area (Å²) < 4.78 is 6.43. The Hall–Kier alpha value is -2.40. The smallest absolute Gasteiger partial charge is 0.326 e. The minimum absolute atomic E-state index is 0.0379. The average molecular weight is 340 g/mol. The van der Waals surface area contributed by atoms with Crippen molar-refractivity contribution in [1.82, 2.24) is 9.88 Å². The summed E-state index contributed by atoms with van der Waals surface area (Å²) in [5.41, 5.74) is 2.95. The Morgan fingerprint density at radius 3 is 2.48 bits per heavy atom. The standard InChI is InChI=1S/C20H24N2O3/c1-3-25-20(24)13-22-14(2)9-16(10-19(22)23)18-12-21-11-17(18)15-7-5-4-6-8-15/h4-10,17-18,21H,3,11-13H2,1-2H3/t17-,18+/m0/s1. The van der Waals surface area contributed by atoms with E-state index in [1.807, 2.05) is 31.2 Å². The SMILES string of the molecule is CCOC(=O)Cn1c(C)cc([C@H]2CNC[C@H]2c2ccccc2)cc1=O. The second-order valence-electron chi connectivity index (χ2n) is 6.44. The van der Waals surface area contributed by atoms with Crippen molar-refractivity contribution in [3.8, 4) is 0 Å². The highest BCUT2D eigenvalue weighted by Crippen LogP contribution is 2.35. The molecule has 1 aromatic heterocycles. The van der Waals surface area contributed by atoms with Crippen LogP contribution in [0.5, 0.6) is 0 Å². The number of hydrogen-bond donors (Lipinski definition) is 1. The Morgan fingerprint density at radius 1 is 1.16 bits per heavy atom. The van der Waals surface area contributed by atoms with Gasteiger partial charge in [-0.2, -0.15) is 0 Å². The fourth-order valence-corrected chi connectivity index (χ4v) is 3.59. The molecule has 2 aromatic rings. The highest BCUT2D eigenvalue weighted by atomic mass is 16.5. The van der Waals surface area contributed by atoms with Gasteiger partial charge in [-0.1, -0.05) is 30.3 Å². The molecule has 0 bridgehead atoms. The molecule has 2 atom stereocenters. The Bertz CT molecular complexity index is 798. The van der Waals surface area contributed by atoms with Crippen LogP contribution in [-0.4, -0.2) is 30.2 Å². The molecule has 0 radical (unpaired) electrons. The maximum absolute atomic E-state index is 12.5. The van der Waals surface area contributed by atoms with Gasteiger partial charge in [0.2, 0.25) is 0 Å². The van der Waals surface area contributed by atoms with E-state index in [1.165, 1.54) is 10.1 Å². The third-order valence-corrected chi connectivity index (χ3v) is 4.82. The number of carbonyl (C=O) groups excluding carboxylic acids is 1. The first-order chi connectivity index (χ1) is 12.1. The summed E-state index contributed by atoms with van der Waals surface area (Å²) >= 11 is 0. The molecule has 0 unspecified atom stereocenters. The topological polar surface area (TPSA) is 60.3 Å². The van der Waals surface area contributed by atoms with E-state index < -0.39 is 0 Å². The monoisotopic (exact) mass is 340 g/mol. The lowest BCUT2D eigenvalue weighted by atomic mass is 9.84. The van der Waals surface area contributed by atoms with Crippen molar-refractivity contribution in [1.29, 1.82) is 0 Å². The minimum Gasteiger partial charge on any atom is -0.465 e. The second-order valence-corrected chi connectivity index (χ2v) is 6.44. The van der Waals surface area contributed by atoms with Gasteiger partial charge >= 0.3 is 5.97 Å². The minimum atomic E-state index is -0.384. The predicted molar refractivity (Wildman–Crippen MR) is 96.9 cm³/mol.